The van der Waals surface area contributed by atoms with Gasteiger partial charge in [0.1, 0.15) is 8.42 Å². The van der Waals surface area contributed by atoms with Crippen molar-refractivity contribution in [1.82, 2.24) is 5.32 Å². The highest BCUT2D eigenvalue weighted by Crippen LogP contribution is 2.43. The number of sulfone groups is 1. The molecule has 0 spiro atoms. The largest absolute Gasteiger partial charge is 0.385 e. The lowest BCUT2D eigenvalue weighted by Gasteiger charge is -2.29. The first-order valence-electron chi connectivity index (χ1n) is 7.34. The summed E-state index contributed by atoms with van der Waals surface area (Å²) in [5.41, 5.74) is 0.517. The highest BCUT2D eigenvalue weighted by atomic mass is 32.3. The van der Waals surface area contributed by atoms with E-state index in [-0.39, 0.29) is 14.5 Å². The fourth-order valence-corrected chi connectivity index (χ4v) is 7.56. The van der Waals surface area contributed by atoms with E-state index in [0.717, 1.165) is 11.3 Å². The molecule has 0 bridgehead atoms. The third-order valence-electron chi connectivity index (χ3n) is 3.88. The van der Waals surface area contributed by atoms with Crippen molar-refractivity contribution in [1.29, 1.82) is 0 Å². The van der Waals surface area contributed by atoms with Crippen LogP contribution in [0.1, 0.15) is 37.8 Å². The summed E-state index contributed by atoms with van der Waals surface area (Å²) in [7, 11) is -5.89. The molecule has 1 aromatic rings. The third kappa shape index (κ3) is 3.94. The summed E-state index contributed by atoms with van der Waals surface area (Å²) in [6.07, 6.45) is 1.55. The van der Waals surface area contributed by atoms with Gasteiger partial charge >= 0.3 is 0 Å². The minimum atomic E-state index is -3.92. The second-order valence-corrected chi connectivity index (χ2v) is 10.8. The van der Waals surface area contributed by atoms with E-state index in [1.165, 1.54) is 6.07 Å². The lowest BCUT2D eigenvalue weighted by Crippen LogP contribution is -2.35. The van der Waals surface area contributed by atoms with Crippen LogP contribution in [-0.2, 0) is 24.6 Å². The van der Waals surface area contributed by atoms with Gasteiger partial charge in [-0.1, -0.05) is 6.92 Å². The van der Waals surface area contributed by atoms with Crippen LogP contribution < -0.4 is 10.5 Å². The Morgan fingerprint density at radius 2 is 2.17 bits per heavy atom. The molecule has 23 heavy (non-hydrogen) atoms. The summed E-state index contributed by atoms with van der Waals surface area (Å²) < 4.78 is 53.8. The predicted molar refractivity (Wildman–Crippen MR) is 88.8 cm³/mol. The van der Waals surface area contributed by atoms with Gasteiger partial charge in [-0.3, -0.25) is 0 Å². The minimum absolute atomic E-state index is 0.105. The molecule has 0 radical (unpaired) electrons. The van der Waals surface area contributed by atoms with E-state index in [1.807, 2.05) is 6.92 Å². The number of rotatable bonds is 7. The summed E-state index contributed by atoms with van der Waals surface area (Å²) in [4.78, 5) is 0. The van der Waals surface area contributed by atoms with Gasteiger partial charge in [0.25, 0.3) is 0 Å². The quantitative estimate of drug-likeness (QED) is 0.680. The molecule has 0 fully saturated rings. The van der Waals surface area contributed by atoms with Gasteiger partial charge in [-0.25, -0.2) is 22.0 Å². The number of hydrogen-bond donors (Lipinski definition) is 2. The molecular weight excluding hydrogens is 360 g/mol. The van der Waals surface area contributed by atoms with Crippen LogP contribution in [0.2, 0.25) is 0 Å². The van der Waals surface area contributed by atoms with Crippen molar-refractivity contribution in [3.05, 3.63) is 11.6 Å². The Morgan fingerprint density at radius 1 is 1.48 bits per heavy atom. The SMILES string of the molecule is CCN[C@H]1CC(CCCOC)S(=O)(=O)c2sc(S(N)(=O)=O)cc21. The maximum absolute atomic E-state index is 12.8. The number of primary sulfonamides is 1. The van der Waals surface area contributed by atoms with Crippen LogP contribution in [0.3, 0.4) is 0 Å². The van der Waals surface area contributed by atoms with Crippen molar-refractivity contribution in [3.8, 4) is 0 Å². The van der Waals surface area contributed by atoms with Gasteiger partial charge in [-0.2, -0.15) is 0 Å². The van der Waals surface area contributed by atoms with Gasteiger partial charge in [-0.15, -0.1) is 11.3 Å². The number of thiophene rings is 1. The zero-order valence-electron chi connectivity index (χ0n) is 13.1. The number of ether oxygens (including phenoxy) is 1. The van der Waals surface area contributed by atoms with E-state index >= 15 is 0 Å². The molecular formula is C13H22N2O5S3. The molecule has 1 aromatic heterocycles. The van der Waals surface area contributed by atoms with E-state index in [1.54, 1.807) is 7.11 Å². The highest BCUT2D eigenvalue weighted by Gasteiger charge is 2.41. The average Bonchev–Trinajstić information content (AvgIpc) is 2.90. The average molecular weight is 383 g/mol. The molecule has 7 nitrogen and oxygen atoms in total. The number of fused-ring (bicyclic) bond motifs is 1. The van der Waals surface area contributed by atoms with Crippen LogP contribution in [0.15, 0.2) is 14.5 Å². The lowest BCUT2D eigenvalue weighted by atomic mass is 10.0. The molecule has 132 valence electrons. The van der Waals surface area contributed by atoms with Crippen LogP contribution in [0, 0.1) is 0 Å². The Bertz CT molecular complexity index is 755. The highest BCUT2D eigenvalue weighted by molar-refractivity contribution is 7.95. The molecule has 0 amide bonds. The molecule has 10 heteroatoms. The van der Waals surface area contributed by atoms with E-state index in [4.69, 9.17) is 9.88 Å². The standard InChI is InChI=1S/C13H22N2O5S3/c1-3-15-11-7-9(5-4-6-20-2)22(16,17)13-10(11)8-12(21-13)23(14,18)19/h8-9,11,15H,3-7H2,1-2H3,(H2,14,18,19)/t9?,11-/m0/s1. The van der Waals surface area contributed by atoms with Crippen molar-refractivity contribution in [2.24, 2.45) is 5.14 Å². The van der Waals surface area contributed by atoms with E-state index in [2.05, 4.69) is 5.32 Å². The van der Waals surface area contributed by atoms with Gasteiger partial charge in [0, 0.05) is 25.3 Å². The molecule has 0 aromatic carbocycles. The van der Waals surface area contributed by atoms with Crippen molar-refractivity contribution < 1.29 is 21.6 Å². The van der Waals surface area contributed by atoms with Crippen LogP contribution in [0.25, 0.3) is 0 Å². The van der Waals surface area contributed by atoms with Gasteiger partial charge in [-0.05, 0) is 31.9 Å². The monoisotopic (exact) mass is 382 g/mol. The van der Waals surface area contributed by atoms with Gasteiger partial charge in [0.15, 0.2) is 9.84 Å². The van der Waals surface area contributed by atoms with E-state index < -0.39 is 25.1 Å². The van der Waals surface area contributed by atoms with E-state index in [0.29, 0.717) is 38.0 Å². The molecule has 3 N–H and O–H groups in total. The van der Waals surface area contributed by atoms with Crippen molar-refractivity contribution in [2.75, 3.05) is 20.3 Å². The van der Waals surface area contributed by atoms with Crippen LogP contribution in [0.4, 0.5) is 0 Å². The lowest BCUT2D eigenvalue weighted by molar-refractivity contribution is 0.191. The first kappa shape index (κ1) is 18.8. The number of nitrogens with one attached hydrogen (secondary N) is 1. The Labute approximate surface area is 141 Å². The molecule has 2 rings (SSSR count). The second kappa shape index (κ2) is 7.16. The molecule has 0 aliphatic carbocycles. The summed E-state index contributed by atoms with van der Waals surface area (Å²) >= 11 is 0.750. The summed E-state index contributed by atoms with van der Waals surface area (Å²) in [5.74, 6) is 0. The second-order valence-electron chi connectivity index (χ2n) is 5.50. The minimum Gasteiger partial charge on any atom is -0.385 e. The summed E-state index contributed by atoms with van der Waals surface area (Å²) in [5, 5.41) is 7.86. The predicted octanol–water partition coefficient (Wildman–Crippen LogP) is 1.02. The first-order chi connectivity index (χ1) is 10.7. The third-order valence-corrected chi connectivity index (χ3v) is 9.25. The number of nitrogens with two attached hydrogens (primary N) is 1. The van der Waals surface area contributed by atoms with Gasteiger partial charge < -0.3 is 10.1 Å². The van der Waals surface area contributed by atoms with Crippen molar-refractivity contribution in [2.45, 2.75) is 45.9 Å². The van der Waals surface area contributed by atoms with Crippen LogP contribution in [0.5, 0.6) is 0 Å². The zero-order valence-corrected chi connectivity index (χ0v) is 15.6. The molecule has 1 unspecified atom stereocenters. The molecule has 0 saturated carbocycles. The zero-order chi connectivity index (χ0) is 17.3. The topological polar surface area (TPSA) is 116 Å². The molecule has 0 saturated heterocycles. The number of sulfonamides is 1. The smallest absolute Gasteiger partial charge is 0.247 e. The maximum Gasteiger partial charge on any atom is 0.247 e. The Morgan fingerprint density at radius 3 is 2.74 bits per heavy atom. The first-order valence-corrected chi connectivity index (χ1v) is 11.3. The Hall–Kier alpha value is -0.520. The summed E-state index contributed by atoms with van der Waals surface area (Å²) in [6, 6.07) is 1.21. The fraction of sp³-hybridized carbons (Fsp3) is 0.692. The normalized spacial score (nSPS) is 23.6. The molecule has 1 aliphatic heterocycles. The fourth-order valence-electron chi connectivity index (χ4n) is 2.81. The van der Waals surface area contributed by atoms with Crippen molar-refractivity contribution >= 4 is 31.2 Å². The molecule has 1 aliphatic rings. The van der Waals surface area contributed by atoms with Gasteiger partial charge in [0.05, 0.1) is 5.25 Å². The number of methoxy groups -OCH3 is 1. The number of hydrogen-bond acceptors (Lipinski definition) is 7. The molecule has 2 heterocycles. The van der Waals surface area contributed by atoms with E-state index in [9.17, 15) is 16.8 Å². The van der Waals surface area contributed by atoms with Crippen LogP contribution >= 0.6 is 11.3 Å². The van der Waals surface area contributed by atoms with Gasteiger partial charge in [0.2, 0.25) is 10.0 Å². The van der Waals surface area contributed by atoms with Crippen molar-refractivity contribution in [3.63, 3.8) is 0 Å². The summed E-state index contributed by atoms with van der Waals surface area (Å²) in [6.45, 7) is 3.09. The van der Waals surface area contributed by atoms with Crippen LogP contribution in [-0.4, -0.2) is 42.3 Å². The Balaban J connectivity index is 2.44. The maximum atomic E-state index is 12.8. The Kier molecular flexibility index (Phi) is 5.85. The molecule has 2 atom stereocenters.